The van der Waals surface area contributed by atoms with E-state index in [4.69, 9.17) is 0 Å². The number of hydrogen-bond acceptors (Lipinski definition) is 3. The lowest BCUT2D eigenvalue weighted by Gasteiger charge is -2.13. The minimum Gasteiger partial charge on any atom is -0.348 e. The van der Waals surface area contributed by atoms with Crippen LogP contribution >= 0.6 is 11.3 Å². The Morgan fingerprint density at radius 1 is 1.29 bits per heavy atom. The first-order chi connectivity index (χ1) is 10.2. The number of nitrogens with zero attached hydrogens (tertiary/aromatic N) is 2. The van der Waals surface area contributed by atoms with Crippen LogP contribution in [0.4, 0.5) is 0 Å². The standard InChI is InChI=1S/C17H21N3S/c1-12(17-18-9-10-19-17)16-13-6-4-5-7-14(13)21-15(16)8-11-20(2)3/h4-7,9-10,12H,8,11H2,1-3H3,(H,18,19). The summed E-state index contributed by atoms with van der Waals surface area (Å²) >= 11 is 1.92. The minimum absolute atomic E-state index is 0.299. The zero-order chi connectivity index (χ0) is 14.8. The van der Waals surface area contributed by atoms with Gasteiger partial charge in [-0.05, 0) is 37.5 Å². The number of rotatable bonds is 5. The van der Waals surface area contributed by atoms with Gasteiger partial charge in [-0.25, -0.2) is 4.98 Å². The number of H-pyrrole nitrogens is 1. The lowest BCUT2D eigenvalue weighted by molar-refractivity contribution is 0.414. The molecule has 1 unspecified atom stereocenters. The number of thiophene rings is 1. The molecule has 4 heteroatoms. The fourth-order valence-corrected chi connectivity index (χ4v) is 4.04. The molecule has 0 bridgehead atoms. The minimum atomic E-state index is 0.299. The molecular weight excluding hydrogens is 278 g/mol. The number of nitrogens with one attached hydrogen (secondary N) is 1. The molecule has 1 aromatic carbocycles. The van der Waals surface area contributed by atoms with Crippen LogP contribution in [-0.2, 0) is 6.42 Å². The van der Waals surface area contributed by atoms with Gasteiger partial charge in [-0.1, -0.05) is 25.1 Å². The van der Waals surface area contributed by atoms with Crippen molar-refractivity contribution in [3.05, 3.63) is 52.9 Å². The highest BCUT2D eigenvalue weighted by atomic mass is 32.1. The first-order valence-corrected chi connectivity index (χ1v) is 8.12. The van der Waals surface area contributed by atoms with Crippen molar-refractivity contribution < 1.29 is 0 Å². The molecule has 0 saturated carbocycles. The largest absolute Gasteiger partial charge is 0.348 e. The Bertz CT molecular complexity index is 713. The first-order valence-electron chi connectivity index (χ1n) is 7.31. The second-order valence-electron chi connectivity index (χ2n) is 5.68. The molecule has 1 N–H and O–H groups in total. The molecule has 3 aromatic rings. The smallest absolute Gasteiger partial charge is 0.113 e. The van der Waals surface area contributed by atoms with Gasteiger partial charge in [-0.2, -0.15) is 0 Å². The summed E-state index contributed by atoms with van der Waals surface area (Å²) in [5, 5.41) is 1.38. The Hall–Kier alpha value is -1.65. The molecule has 1 atom stereocenters. The molecule has 0 aliphatic rings. The van der Waals surface area contributed by atoms with Gasteiger partial charge in [0.1, 0.15) is 5.82 Å². The van der Waals surface area contributed by atoms with Gasteiger partial charge in [0.2, 0.25) is 0 Å². The Labute approximate surface area is 129 Å². The van der Waals surface area contributed by atoms with Gasteiger partial charge in [-0.15, -0.1) is 11.3 Å². The highest BCUT2D eigenvalue weighted by molar-refractivity contribution is 7.19. The van der Waals surface area contributed by atoms with Crippen LogP contribution in [0.2, 0.25) is 0 Å². The topological polar surface area (TPSA) is 31.9 Å². The highest BCUT2D eigenvalue weighted by Gasteiger charge is 2.20. The lowest BCUT2D eigenvalue weighted by atomic mass is 9.96. The third-order valence-electron chi connectivity index (χ3n) is 3.86. The van der Waals surface area contributed by atoms with Gasteiger partial charge >= 0.3 is 0 Å². The summed E-state index contributed by atoms with van der Waals surface area (Å²) in [5.74, 6) is 1.35. The van der Waals surface area contributed by atoms with E-state index in [1.165, 1.54) is 20.5 Å². The van der Waals surface area contributed by atoms with Crippen LogP contribution in [0.1, 0.15) is 29.1 Å². The number of hydrogen-bond donors (Lipinski definition) is 1. The number of imidazole rings is 1. The Morgan fingerprint density at radius 3 is 2.81 bits per heavy atom. The van der Waals surface area contributed by atoms with Crippen LogP contribution in [0.5, 0.6) is 0 Å². The molecule has 0 aliphatic carbocycles. The van der Waals surface area contributed by atoms with Crippen molar-refractivity contribution in [3.8, 4) is 0 Å². The quantitative estimate of drug-likeness (QED) is 0.775. The van der Waals surface area contributed by atoms with Crippen molar-refractivity contribution in [1.29, 1.82) is 0 Å². The van der Waals surface area contributed by atoms with Crippen LogP contribution < -0.4 is 0 Å². The fourth-order valence-electron chi connectivity index (χ4n) is 2.75. The molecule has 0 aliphatic heterocycles. The van der Waals surface area contributed by atoms with Gasteiger partial charge in [0.05, 0.1) is 0 Å². The summed E-state index contributed by atoms with van der Waals surface area (Å²) in [6, 6.07) is 8.70. The van der Waals surface area contributed by atoms with Crippen molar-refractivity contribution in [2.24, 2.45) is 0 Å². The summed E-state index contributed by atoms with van der Waals surface area (Å²) in [5.41, 5.74) is 1.44. The molecule has 0 amide bonds. The van der Waals surface area contributed by atoms with Gasteiger partial charge in [0.25, 0.3) is 0 Å². The van der Waals surface area contributed by atoms with Crippen LogP contribution in [0.3, 0.4) is 0 Å². The number of aromatic nitrogens is 2. The van der Waals surface area contributed by atoms with Crippen LogP contribution in [-0.4, -0.2) is 35.5 Å². The average Bonchev–Trinajstić information content (AvgIpc) is 3.11. The van der Waals surface area contributed by atoms with E-state index in [0.29, 0.717) is 5.92 Å². The normalized spacial score (nSPS) is 13.1. The predicted molar refractivity (Wildman–Crippen MR) is 90.2 cm³/mol. The molecule has 21 heavy (non-hydrogen) atoms. The van der Waals surface area contributed by atoms with E-state index in [1.807, 2.05) is 23.7 Å². The molecule has 0 spiro atoms. The predicted octanol–water partition coefficient (Wildman–Crippen LogP) is 3.88. The summed E-state index contributed by atoms with van der Waals surface area (Å²) in [6.45, 7) is 3.32. The second-order valence-corrected chi connectivity index (χ2v) is 6.82. The van der Waals surface area contributed by atoms with Gasteiger partial charge in [0.15, 0.2) is 0 Å². The van der Waals surface area contributed by atoms with Crippen LogP contribution in [0.25, 0.3) is 10.1 Å². The Balaban J connectivity index is 2.06. The molecule has 0 saturated heterocycles. The van der Waals surface area contributed by atoms with Gasteiger partial charge in [0, 0.05) is 34.4 Å². The molecule has 3 rings (SSSR count). The summed E-state index contributed by atoms with van der Waals surface area (Å²) in [4.78, 5) is 11.4. The van der Waals surface area contributed by atoms with Crippen molar-refractivity contribution in [1.82, 2.24) is 14.9 Å². The van der Waals surface area contributed by atoms with E-state index in [9.17, 15) is 0 Å². The maximum atomic E-state index is 4.45. The summed E-state index contributed by atoms with van der Waals surface area (Å²) < 4.78 is 1.37. The van der Waals surface area contributed by atoms with E-state index in [-0.39, 0.29) is 0 Å². The first kappa shape index (κ1) is 14.3. The zero-order valence-electron chi connectivity index (χ0n) is 12.8. The summed E-state index contributed by atoms with van der Waals surface area (Å²) in [7, 11) is 4.26. The van der Waals surface area contributed by atoms with Crippen molar-refractivity contribution >= 4 is 21.4 Å². The number of benzene rings is 1. The van der Waals surface area contributed by atoms with Crippen molar-refractivity contribution in [2.45, 2.75) is 19.3 Å². The molecule has 2 heterocycles. The number of likely N-dealkylation sites (N-methyl/N-ethyl adjacent to an activating group) is 1. The van der Waals surface area contributed by atoms with Crippen molar-refractivity contribution in [3.63, 3.8) is 0 Å². The second kappa shape index (κ2) is 6.00. The maximum absolute atomic E-state index is 4.45. The third-order valence-corrected chi connectivity index (χ3v) is 5.11. The highest BCUT2D eigenvalue weighted by Crippen LogP contribution is 2.38. The SMILES string of the molecule is CC(c1ncc[nH]1)c1c(CCN(C)C)sc2ccccc12. The molecule has 0 radical (unpaired) electrons. The molecule has 3 nitrogen and oxygen atoms in total. The van der Waals surface area contributed by atoms with E-state index in [1.54, 1.807) is 0 Å². The number of fused-ring (bicyclic) bond motifs is 1. The third kappa shape index (κ3) is 2.87. The van der Waals surface area contributed by atoms with Crippen LogP contribution in [0.15, 0.2) is 36.7 Å². The van der Waals surface area contributed by atoms with Crippen molar-refractivity contribution in [2.75, 3.05) is 20.6 Å². The van der Waals surface area contributed by atoms with E-state index < -0.39 is 0 Å². The molecule has 0 fully saturated rings. The van der Waals surface area contributed by atoms with E-state index in [0.717, 1.165) is 18.8 Å². The molecular formula is C17H21N3S. The summed E-state index contributed by atoms with van der Waals surface area (Å²) in [6.07, 6.45) is 4.83. The number of aromatic amines is 1. The van der Waals surface area contributed by atoms with E-state index in [2.05, 4.69) is 60.2 Å². The van der Waals surface area contributed by atoms with Gasteiger partial charge < -0.3 is 9.88 Å². The van der Waals surface area contributed by atoms with Gasteiger partial charge in [-0.3, -0.25) is 0 Å². The Morgan fingerprint density at radius 2 is 2.10 bits per heavy atom. The van der Waals surface area contributed by atoms with E-state index >= 15 is 0 Å². The lowest BCUT2D eigenvalue weighted by Crippen LogP contribution is -2.15. The average molecular weight is 299 g/mol. The monoisotopic (exact) mass is 299 g/mol. The fraction of sp³-hybridized carbons (Fsp3) is 0.353. The zero-order valence-corrected chi connectivity index (χ0v) is 13.6. The Kier molecular flexibility index (Phi) is 4.08. The molecule has 110 valence electrons. The maximum Gasteiger partial charge on any atom is 0.113 e. The van der Waals surface area contributed by atoms with Crippen LogP contribution in [0, 0.1) is 0 Å². The molecule has 2 aromatic heterocycles.